The summed E-state index contributed by atoms with van der Waals surface area (Å²) >= 11 is 6.09. The van der Waals surface area contributed by atoms with E-state index in [9.17, 15) is 0 Å². The lowest BCUT2D eigenvalue weighted by Gasteiger charge is -2.07. The Morgan fingerprint density at radius 2 is 1.85 bits per heavy atom. The maximum absolute atomic E-state index is 6.09. The Bertz CT molecular complexity index is 660. The van der Waals surface area contributed by atoms with Crippen molar-refractivity contribution in [3.63, 3.8) is 0 Å². The molecule has 0 amide bonds. The van der Waals surface area contributed by atoms with E-state index in [1.165, 1.54) is 0 Å². The van der Waals surface area contributed by atoms with Gasteiger partial charge in [-0.15, -0.1) is 5.10 Å². The highest BCUT2D eigenvalue weighted by Gasteiger charge is 2.67. The fourth-order valence-corrected chi connectivity index (χ4v) is 3.18. The van der Waals surface area contributed by atoms with Crippen molar-refractivity contribution in [3.05, 3.63) is 23.2 Å². The van der Waals surface area contributed by atoms with E-state index in [1.807, 2.05) is 16.8 Å². The van der Waals surface area contributed by atoms with Crippen LogP contribution in [0.3, 0.4) is 0 Å². The molecule has 1 saturated carbocycles. The zero-order chi connectivity index (χ0) is 14.7. The molecule has 1 heterocycles. The minimum absolute atomic E-state index is 0.161. The van der Waals surface area contributed by atoms with Gasteiger partial charge in [0.05, 0.1) is 16.8 Å². The predicted octanol–water partition coefficient (Wildman–Crippen LogP) is 3.18. The maximum Gasteiger partial charge on any atom is 0.182 e. The number of halogens is 1. The topological polar surface area (TPSA) is 69.6 Å². The lowest BCUT2D eigenvalue weighted by molar-refractivity contribution is 0.457. The first-order valence-corrected chi connectivity index (χ1v) is 6.98. The van der Waals surface area contributed by atoms with Crippen molar-refractivity contribution in [3.8, 4) is 11.4 Å². The summed E-state index contributed by atoms with van der Waals surface area (Å²) in [6.07, 6.45) is 0. The first-order chi connectivity index (χ1) is 9.26. The fourth-order valence-electron chi connectivity index (χ4n) is 3.00. The summed E-state index contributed by atoms with van der Waals surface area (Å²) in [4.78, 5) is 0. The molecule has 0 atom stereocenters. The number of nitrogen functional groups attached to an aromatic ring is 1. The van der Waals surface area contributed by atoms with Gasteiger partial charge in [-0.2, -0.15) is 0 Å². The number of benzene rings is 1. The van der Waals surface area contributed by atoms with Gasteiger partial charge in [-0.05, 0) is 39.5 Å². The van der Waals surface area contributed by atoms with E-state index in [0.29, 0.717) is 10.7 Å². The van der Waals surface area contributed by atoms with Gasteiger partial charge in [-0.1, -0.05) is 39.3 Å². The molecule has 1 aromatic carbocycles. The van der Waals surface area contributed by atoms with E-state index in [4.69, 9.17) is 17.3 Å². The first kappa shape index (κ1) is 13.4. The van der Waals surface area contributed by atoms with Gasteiger partial charge < -0.3 is 5.73 Å². The van der Waals surface area contributed by atoms with E-state index in [0.717, 1.165) is 11.4 Å². The summed E-state index contributed by atoms with van der Waals surface area (Å²) in [6, 6.07) is 5.75. The van der Waals surface area contributed by atoms with Crippen molar-refractivity contribution in [1.29, 1.82) is 0 Å². The molecule has 0 radical (unpaired) electrons. The summed E-state index contributed by atoms with van der Waals surface area (Å²) in [6.45, 7) is 8.94. The summed E-state index contributed by atoms with van der Waals surface area (Å²) < 4.78 is 1.90. The van der Waals surface area contributed by atoms with Crippen molar-refractivity contribution < 1.29 is 0 Å². The Kier molecular flexibility index (Phi) is 2.64. The molecular weight excluding hydrogens is 274 g/mol. The summed E-state index contributed by atoms with van der Waals surface area (Å²) in [7, 11) is 0. The molecule has 0 aliphatic heterocycles. The zero-order valence-corrected chi connectivity index (χ0v) is 12.8. The molecule has 20 heavy (non-hydrogen) atoms. The summed E-state index contributed by atoms with van der Waals surface area (Å²) in [5.74, 6) is 0.732. The van der Waals surface area contributed by atoms with Crippen LogP contribution in [0.5, 0.6) is 0 Å². The van der Waals surface area contributed by atoms with Gasteiger partial charge in [-0.25, -0.2) is 4.68 Å². The zero-order valence-electron chi connectivity index (χ0n) is 12.1. The first-order valence-electron chi connectivity index (χ1n) is 6.60. The maximum atomic E-state index is 6.09. The number of hydrogen-bond donors (Lipinski definition) is 1. The number of nitrogens with two attached hydrogens (primary N) is 1. The minimum atomic E-state index is 0.161. The average Bonchev–Trinajstić information content (AvgIpc) is 2.71. The van der Waals surface area contributed by atoms with Crippen LogP contribution in [0.15, 0.2) is 18.2 Å². The quantitative estimate of drug-likeness (QED) is 0.863. The monoisotopic (exact) mass is 291 g/mol. The number of hydrogen-bond acceptors (Lipinski definition) is 4. The normalized spacial score (nSPS) is 20.1. The van der Waals surface area contributed by atoms with Crippen LogP contribution in [-0.4, -0.2) is 20.2 Å². The molecule has 1 aromatic heterocycles. The van der Waals surface area contributed by atoms with Gasteiger partial charge in [0, 0.05) is 5.56 Å². The SMILES string of the molecule is CC1(C)C(n2nnnc2-c2ccc(N)c(Cl)c2)C1(C)C. The third-order valence-corrected chi connectivity index (χ3v) is 5.27. The van der Waals surface area contributed by atoms with E-state index < -0.39 is 0 Å². The van der Waals surface area contributed by atoms with E-state index in [-0.39, 0.29) is 16.9 Å². The second-order valence-corrected chi connectivity index (χ2v) is 6.94. The number of tetrazole rings is 1. The van der Waals surface area contributed by atoms with Crippen molar-refractivity contribution in [2.24, 2.45) is 10.8 Å². The smallest absolute Gasteiger partial charge is 0.182 e. The summed E-state index contributed by atoms with van der Waals surface area (Å²) in [5.41, 5.74) is 7.51. The highest BCUT2D eigenvalue weighted by molar-refractivity contribution is 6.33. The van der Waals surface area contributed by atoms with Crippen LogP contribution in [0.4, 0.5) is 5.69 Å². The number of anilines is 1. The Morgan fingerprint density at radius 1 is 1.20 bits per heavy atom. The molecule has 3 rings (SSSR count). The molecule has 0 spiro atoms. The number of rotatable bonds is 2. The predicted molar refractivity (Wildman–Crippen MR) is 79.3 cm³/mol. The molecule has 0 saturated heterocycles. The molecule has 5 nitrogen and oxygen atoms in total. The van der Waals surface area contributed by atoms with Gasteiger partial charge in [0.25, 0.3) is 0 Å². The van der Waals surface area contributed by atoms with Crippen LogP contribution in [0, 0.1) is 10.8 Å². The molecule has 2 aromatic rings. The van der Waals surface area contributed by atoms with Crippen LogP contribution >= 0.6 is 11.6 Å². The van der Waals surface area contributed by atoms with Crippen molar-refractivity contribution >= 4 is 17.3 Å². The Labute approximate surface area is 123 Å². The highest BCUT2D eigenvalue weighted by atomic mass is 35.5. The number of aromatic nitrogens is 4. The van der Waals surface area contributed by atoms with Crippen molar-refractivity contribution in [1.82, 2.24) is 20.2 Å². The average molecular weight is 292 g/mol. The van der Waals surface area contributed by atoms with Crippen LogP contribution in [0.1, 0.15) is 33.7 Å². The van der Waals surface area contributed by atoms with Crippen LogP contribution in [0.25, 0.3) is 11.4 Å². The molecule has 2 N–H and O–H groups in total. The van der Waals surface area contributed by atoms with Crippen LogP contribution in [-0.2, 0) is 0 Å². The second kappa shape index (κ2) is 3.95. The van der Waals surface area contributed by atoms with Crippen LogP contribution < -0.4 is 5.73 Å². The minimum Gasteiger partial charge on any atom is -0.398 e. The molecule has 1 aliphatic carbocycles. The summed E-state index contributed by atoms with van der Waals surface area (Å²) in [5, 5.41) is 12.7. The lowest BCUT2D eigenvalue weighted by Crippen LogP contribution is -2.05. The molecule has 106 valence electrons. The highest BCUT2D eigenvalue weighted by Crippen LogP contribution is 2.71. The largest absolute Gasteiger partial charge is 0.398 e. The molecular formula is C14H18ClN5. The fraction of sp³-hybridized carbons (Fsp3) is 0.500. The van der Waals surface area contributed by atoms with Crippen molar-refractivity contribution in [2.75, 3.05) is 5.73 Å². The van der Waals surface area contributed by atoms with E-state index in [2.05, 4.69) is 43.2 Å². The van der Waals surface area contributed by atoms with E-state index in [1.54, 1.807) is 6.07 Å². The molecule has 0 bridgehead atoms. The lowest BCUT2D eigenvalue weighted by atomic mass is 10.0. The number of nitrogens with zero attached hydrogens (tertiary/aromatic N) is 4. The van der Waals surface area contributed by atoms with Gasteiger partial charge >= 0.3 is 0 Å². The van der Waals surface area contributed by atoms with E-state index >= 15 is 0 Å². The van der Waals surface area contributed by atoms with Gasteiger partial charge in [0.15, 0.2) is 5.82 Å². The Hall–Kier alpha value is -1.62. The third-order valence-electron chi connectivity index (χ3n) is 4.94. The van der Waals surface area contributed by atoms with Gasteiger partial charge in [0.2, 0.25) is 0 Å². The molecule has 1 fully saturated rings. The molecule has 6 heteroatoms. The third kappa shape index (κ3) is 1.66. The van der Waals surface area contributed by atoms with Gasteiger partial charge in [-0.3, -0.25) is 0 Å². The van der Waals surface area contributed by atoms with Crippen molar-refractivity contribution in [2.45, 2.75) is 33.7 Å². The van der Waals surface area contributed by atoms with Crippen LogP contribution in [0.2, 0.25) is 5.02 Å². The Balaban J connectivity index is 2.06. The second-order valence-electron chi connectivity index (χ2n) is 6.53. The molecule has 0 unspecified atom stereocenters. The van der Waals surface area contributed by atoms with Gasteiger partial charge in [0.1, 0.15) is 0 Å². The Morgan fingerprint density at radius 3 is 2.40 bits per heavy atom. The molecule has 1 aliphatic rings. The standard InChI is InChI=1S/C14H18ClN5/c1-13(2)12(14(13,3)4)20-11(17-18-19-20)8-5-6-10(16)9(15)7-8/h5-7,12H,16H2,1-4H3.